The van der Waals surface area contributed by atoms with Gasteiger partial charge in [0.1, 0.15) is 5.52 Å². The SMILES string of the molecule is [2H]C([2H])([2H])C([2H])(Cn1cnc2c(N)nc3ccccc3c21)C([2H])([2H])[2H]. The summed E-state index contributed by atoms with van der Waals surface area (Å²) in [6, 6.07) is 7.06. The Morgan fingerprint density at radius 2 is 2.28 bits per heavy atom. The molecule has 1 aromatic carbocycles. The molecular formula is C14H16N4. The second-order valence-corrected chi connectivity index (χ2v) is 4.06. The lowest BCUT2D eigenvalue weighted by Gasteiger charge is -2.09. The number of nitrogen functional groups attached to an aromatic ring is 1. The summed E-state index contributed by atoms with van der Waals surface area (Å²) < 4.78 is 55.0. The van der Waals surface area contributed by atoms with Crippen LogP contribution < -0.4 is 5.73 Å². The lowest BCUT2D eigenvalue weighted by atomic mass is 10.1. The molecule has 0 saturated carbocycles. The van der Waals surface area contributed by atoms with E-state index in [2.05, 4.69) is 9.97 Å². The van der Waals surface area contributed by atoms with E-state index in [9.17, 15) is 0 Å². The molecule has 0 aliphatic rings. The third kappa shape index (κ3) is 1.61. The van der Waals surface area contributed by atoms with Gasteiger partial charge in [-0.25, -0.2) is 9.97 Å². The van der Waals surface area contributed by atoms with Crippen molar-refractivity contribution in [2.45, 2.75) is 20.2 Å². The van der Waals surface area contributed by atoms with Gasteiger partial charge >= 0.3 is 0 Å². The Morgan fingerprint density at radius 1 is 1.44 bits per heavy atom. The molecular weight excluding hydrogens is 224 g/mol. The van der Waals surface area contributed by atoms with E-state index in [-0.39, 0.29) is 5.82 Å². The first-order chi connectivity index (χ1) is 11.5. The molecule has 0 radical (unpaired) electrons. The van der Waals surface area contributed by atoms with Gasteiger partial charge in [0.15, 0.2) is 5.82 Å². The molecule has 2 N–H and O–H groups in total. The molecule has 2 aromatic heterocycles. The van der Waals surface area contributed by atoms with Gasteiger partial charge in [-0.3, -0.25) is 0 Å². The molecule has 92 valence electrons. The number of hydrogen-bond donors (Lipinski definition) is 1. The maximum absolute atomic E-state index is 8.22. The summed E-state index contributed by atoms with van der Waals surface area (Å²) in [5.74, 6) is -2.53. The Kier molecular flexibility index (Phi) is 1.26. The summed E-state index contributed by atoms with van der Waals surface area (Å²) in [7, 11) is 0. The molecule has 0 saturated heterocycles. The van der Waals surface area contributed by atoms with Crippen LogP contribution in [0.3, 0.4) is 0 Å². The molecule has 0 aliphatic carbocycles. The van der Waals surface area contributed by atoms with Crippen LogP contribution in [0.15, 0.2) is 30.6 Å². The second kappa shape index (κ2) is 3.98. The van der Waals surface area contributed by atoms with E-state index in [0.717, 1.165) is 0 Å². The summed E-state index contributed by atoms with van der Waals surface area (Å²) in [5.41, 5.74) is 7.30. The maximum Gasteiger partial charge on any atom is 0.152 e. The number of imidazole rings is 1. The predicted octanol–water partition coefficient (Wildman–Crippen LogP) is 2.82. The van der Waals surface area contributed by atoms with Crippen molar-refractivity contribution in [3.8, 4) is 0 Å². The lowest BCUT2D eigenvalue weighted by Crippen LogP contribution is -2.03. The largest absolute Gasteiger partial charge is 0.382 e. The molecule has 4 nitrogen and oxygen atoms in total. The quantitative estimate of drug-likeness (QED) is 0.757. The van der Waals surface area contributed by atoms with Crippen LogP contribution in [0.5, 0.6) is 0 Å². The monoisotopic (exact) mass is 247 g/mol. The molecule has 18 heavy (non-hydrogen) atoms. The zero-order valence-electron chi connectivity index (χ0n) is 16.5. The normalized spacial score (nSPS) is 19.4. The van der Waals surface area contributed by atoms with Crippen molar-refractivity contribution in [3.63, 3.8) is 0 Å². The fourth-order valence-corrected chi connectivity index (χ4v) is 2.10. The number of pyridine rings is 1. The Balaban J connectivity index is 2.26. The minimum Gasteiger partial charge on any atom is -0.382 e. The molecule has 2 heterocycles. The van der Waals surface area contributed by atoms with Gasteiger partial charge in [-0.15, -0.1) is 0 Å². The van der Waals surface area contributed by atoms with Crippen LogP contribution >= 0.6 is 0 Å². The van der Waals surface area contributed by atoms with E-state index in [1.54, 1.807) is 24.3 Å². The zero-order chi connectivity index (χ0) is 18.6. The minimum absolute atomic E-state index is 0.158. The summed E-state index contributed by atoms with van der Waals surface area (Å²) in [6.45, 7) is -6.60. The number of benzene rings is 1. The average molecular weight is 247 g/mol. The number of anilines is 1. The van der Waals surface area contributed by atoms with E-state index >= 15 is 0 Å². The van der Waals surface area contributed by atoms with Gasteiger partial charge in [0.2, 0.25) is 0 Å². The zero-order valence-corrected chi connectivity index (χ0v) is 9.51. The van der Waals surface area contributed by atoms with Crippen LogP contribution in [0, 0.1) is 5.89 Å². The molecule has 0 atom stereocenters. The molecule has 4 heteroatoms. The predicted molar refractivity (Wildman–Crippen MR) is 74.3 cm³/mol. The van der Waals surface area contributed by atoms with Crippen molar-refractivity contribution in [3.05, 3.63) is 30.6 Å². The number of fused-ring (bicyclic) bond motifs is 3. The van der Waals surface area contributed by atoms with Gasteiger partial charge in [-0.05, 0) is 12.0 Å². The summed E-state index contributed by atoms with van der Waals surface area (Å²) in [4.78, 5) is 8.39. The summed E-state index contributed by atoms with van der Waals surface area (Å²) >= 11 is 0. The van der Waals surface area contributed by atoms with Crippen molar-refractivity contribution in [2.24, 2.45) is 5.89 Å². The van der Waals surface area contributed by atoms with Gasteiger partial charge < -0.3 is 10.3 Å². The number of aromatic nitrogens is 3. The van der Waals surface area contributed by atoms with Crippen molar-refractivity contribution in [1.82, 2.24) is 14.5 Å². The molecule has 3 aromatic rings. The molecule has 0 fully saturated rings. The van der Waals surface area contributed by atoms with Crippen molar-refractivity contribution < 1.29 is 9.60 Å². The molecule has 0 aliphatic heterocycles. The smallest absolute Gasteiger partial charge is 0.152 e. The first-order valence-corrected chi connectivity index (χ1v) is 5.45. The Bertz CT molecular complexity index is 928. The van der Waals surface area contributed by atoms with E-state index < -0.39 is 26.1 Å². The van der Waals surface area contributed by atoms with E-state index in [4.69, 9.17) is 15.3 Å². The number of para-hydroxylation sites is 1. The summed E-state index contributed by atoms with van der Waals surface area (Å²) in [5, 5.41) is 0.655. The van der Waals surface area contributed by atoms with Crippen LogP contribution in [0.4, 0.5) is 5.82 Å². The molecule has 0 spiro atoms. The van der Waals surface area contributed by atoms with E-state index in [1.165, 1.54) is 10.9 Å². The Labute approximate surface area is 115 Å². The van der Waals surface area contributed by atoms with Crippen molar-refractivity contribution in [1.29, 1.82) is 0 Å². The van der Waals surface area contributed by atoms with Gasteiger partial charge in [-0.2, -0.15) is 0 Å². The number of nitrogens with two attached hydrogens (primary N) is 1. The Morgan fingerprint density at radius 3 is 3.11 bits per heavy atom. The van der Waals surface area contributed by atoms with Gasteiger partial charge in [0.25, 0.3) is 0 Å². The number of rotatable bonds is 2. The van der Waals surface area contributed by atoms with Crippen molar-refractivity contribution in [2.75, 3.05) is 5.73 Å². The second-order valence-electron chi connectivity index (χ2n) is 4.06. The Hall–Kier alpha value is -2.10. The molecule has 0 amide bonds. The highest BCUT2D eigenvalue weighted by Gasteiger charge is 2.12. The van der Waals surface area contributed by atoms with Gasteiger partial charge in [0, 0.05) is 21.5 Å². The third-order valence-corrected chi connectivity index (χ3v) is 2.81. The maximum atomic E-state index is 8.22. The third-order valence-electron chi connectivity index (χ3n) is 2.81. The van der Waals surface area contributed by atoms with Crippen LogP contribution in [-0.4, -0.2) is 14.5 Å². The highest BCUT2D eigenvalue weighted by molar-refractivity contribution is 6.06. The van der Waals surface area contributed by atoms with E-state index in [1.807, 2.05) is 0 Å². The minimum atomic E-state index is -3.01. The molecule has 0 bridgehead atoms. The van der Waals surface area contributed by atoms with Crippen LogP contribution in [-0.2, 0) is 6.54 Å². The van der Waals surface area contributed by atoms with Gasteiger partial charge in [0.05, 0.1) is 17.4 Å². The topological polar surface area (TPSA) is 56.7 Å². The first kappa shape index (κ1) is 5.69. The molecule has 0 unspecified atom stereocenters. The number of hydrogen-bond acceptors (Lipinski definition) is 3. The highest BCUT2D eigenvalue weighted by atomic mass is 15.1. The van der Waals surface area contributed by atoms with Crippen LogP contribution in [0.1, 0.15) is 23.3 Å². The average Bonchev–Trinajstić information content (AvgIpc) is 2.89. The van der Waals surface area contributed by atoms with Crippen LogP contribution in [0.2, 0.25) is 0 Å². The van der Waals surface area contributed by atoms with E-state index in [0.29, 0.717) is 21.9 Å². The fourth-order valence-electron chi connectivity index (χ4n) is 2.10. The standard InChI is InChI=1S/C14H16N4/c1-9(2)7-18-8-16-12-13(18)10-5-3-4-6-11(10)17-14(12)15/h3-6,8-9H,7H2,1-2H3,(H2,15,17)/i1D3,2D3,9D. The number of nitrogens with zero attached hydrogens (tertiary/aromatic N) is 3. The first-order valence-electron chi connectivity index (χ1n) is 8.95. The molecule has 3 rings (SSSR count). The lowest BCUT2D eigenvalue weighted by molar-refractivity contribution is 0.533. The summed E-state index contributed by atoms with van der Waals surface area (Å²) in [6.07, 6.45) is 1.30. The highest BCUT2D eigenvalue weighted by Crippen LogP contribution is 2.27. The van der Waals surface area contributed by atoms with Gasteiger partial charge in [-0.1, -0.05) is 31.9 Å². The van der Waals surface area contributed by atoms with Crippen molar-refractivity contribution >= 4 is 27.8 Å². The fraction of sp³-hybridized carbons (Fsp3) is 0.286. The van der Waals surface area contributed by atoms with Crippen LogP contribution in [0.25, 0.3) is 21.9 Å².